The van der Waals surface area contributed by atoms with Gasteiger partial charge in [-0.1, -0.05) is 103 Å². The minimum absolute atomic E-state index is 0.892. The van der Waals surface area contributed by atoms with Crippen LogP contribution in [0.25, 0.3) is 54.9 Å². The first kappa shape index (κ1) is 21.8. The summed E-state index contributed by atoms with van der Waals surface area (Å²) in [7, 11) is 0. The average Bonchev–Trinajstić information content (AvgIpc) is 3.34. The number of hydrogen-bond donors (Lipinski definition) is 0. The molecular formula is C37H24N2. The van der Waals surface area contributed by atoms with E-state index in [0.29, 0.717) is 0 Å². The molecule has 2 nitrogen and oxygen atoms in total. The highest BCUT2D eigenvalue weighted by molar-refractivity contribution is 6.18. The van der Waals surface area contributed by atoms with E-state index in [1.165, 1.54) is 54.9 Å². The van der Waals surface area contributed by atoms with Crippen LogP contribution in [0.1, 0.15) is 0 Å². The highest BCUT2D eigenvalue weighted by atomic mass is 15.2. The molecule has 0 saturated heterocycles. The van der Waals surface area contributed by atoms with Crippen LogP contribution >= 0.6 is 0 Å². The van der Waals surface area contributed by atoms with Crippen molar-refractivity contribution in [2.45, 2.75) is 0 Å². The van der Waals surface area contributed by atoms with Gasteiger partial charge in [-0.25, -0.2) is 4.98 Å². The number of pyridine rings is 1. The number of hydrogen-bond acceptors (Lipinski definition) is 2. The van der Waals surface area contributed by atoms with E-state index >= 15 is 0 Å². The van der Waals surface area contributed by atoms with Crippen molar-refractivity contribution < 1.29 is 0 Å². The summed E-state index contributed by atoms with van der Waals surface area (Å²) in [5, 5.41) is 5.09. The number of benzene rings is 6. The monoisotopic (exact) mass is 496 g/mol. The molecule has 1 aromatic heterocycles. The van der Waals surface area contributed by atoms with Gasteiger partial charge >= 0.3 is 0 Å². The summed E-state index contributed by atoms with van der Waals surface area (Å²) in [6.45, 7) is 0. The Kier molecular flexibility index (Phi) is 4.86. The van der Waals surface area contributed by atoms with Crippen LogP contribution in [-0.4, -0.2) is 4.98 Å². The molecule has 0 amide bonds. The Morgan fingerprint density at radius 1 is 0.436 bits per heavy atom. The molecule has 0 saturated carbocycles. The van der Waals surface area contributed by atoms with Gasteiger partial charge in [-0.15, -0.1) is 0 Å². The second-order valence-corrected chi connectivity index (χ2v) is 10.0. The van der Waals surface area contributed by atoms with Gasteiger partial charge in [-0.2, -0.15) is 0 Å². The average molecular weight is 497 g/mol. The maximum atomic E-state index is 4.71. The van der Waals surface area contributed by atoms with Gasteiger partial charge in [0.15, 0.2) is 0 Å². The molecule has 182 valence electrons. The molecule has 7 aromatic rings. The Labute approximate surface area is 227 Å². The first-order valence-corrected chi connectivity index (χ1v) is 13.3. The minimum Gasteiger partial charge on any atom is -0.295 e. The fourth-order valence-electron chi connectivity index (χ4n) is 6.07. The number of aromatic nitrogens is 1. The third-order valence-electron chi connectivity index (χ3n) is 7.85. The van der Waals surface area contributed by atoms with Crippen molar-refractivity contribution in [3.8, 4) is 33.4 Å². The second kappa shape index (κ2) is 8.68. The van der Waals surface area contributed by atoms with E-state index in [4.69, 9.17) is 4.98 Å². The normalized spacial score (nSPS) is 11.6. The highest BCUT2D eigenvalue weighted by Gasteiger charge is 2.22. The zero-order valence-electron chi connectivity index (χ0n) is 21.3. The maximum Gasteiger partial charge on any atom is 0.137 e. The molecule has 0 bridgehead atoms. The first-order chi connectivity index (χ1) is 19.3. The molecular weight excluding hydrogens is 472 g/mol. The van der Waals surface area contributed by atoms with Crippen LogP contribution in [0.2, 0.25) is 0 Å². The largest absolute Gasteiger partial charge is 0.295 e. The summed E-state index contributed by atoms with van der Waals surface area (Å²) in [5.41, 5.74) is 9.93. The van der Waals surface area contributed by atoms with E-state index in [2.05, 4.69) is 132 Å². The number of nitrogens with zero attached hydrogens (tertiary/aromatic N) is 2. The SMILES string of the molecule is c1ccc(N(c2ccc(-c3ccc4c5c(cccc35)-c3ccccc3-4)cc2)c2ccc3ccccc3c2)nc1. The number of anilines is 3. The topological polar surface area (TPSA) is 16.1 Å². The third kappa shape index (κ3) is 3.46. The highest BCUT2D eigenvalue weighted by Crippen LogP contribution is 2.49. The number of rotatable bonds is 4. The Bertz CT molecular complexity index is 1980. The summed E-state index contributed by atoms with van der Waals surface area (Å²) >= 11 is 0. The lowest BCUT2D eigenvalue weighted by molar-refractivity contribution is 1.18. The Morgan fingerprint density at radius 2 is 1.10 bits per heavy atom. The van der Waals surface area contributed by atoms with E-state index in [1.54, 1.807) is 0 Å². The van der Waals surface area contributed by atoms with Gasteiger partial charge in [-0.05, 0) is 91.3 Å². The quantitative estimate of drug-likeness (QED) is 0.241. The molecule has 0 aliphatic heterocycles. The summed E-state index contributed by atoms with van der Waals surface area (Å²) < 4.78 is 0. The molecule has 6 aromatic carbocycles. The van der Waals surface area contributed by atoms with Crippen LogP contribution in [0.3, 0.4) is 0 Å². The molecule has 0 N–H and O–H groups in total. The summed E-state index contributed by atoms with van der Waals surface area (Å²) in [6, 6.07) is 50.0. The van der Waals surface area contributed by atoms with Crippen molar-refractivity contribution >= 4 is 38.7 Å². The van der Waals surface area contributed by atoms with Gasteiger partial charge in [0.2, 0.25) is 0 Å². The lowest BCUT2D eigenvalue weighted by atomic mass is 9.94. The van der Waals surface area contributed by atoms with Crippen LogP contribution in [0.15, 0.2) is 146 Å². The maximum absolute atomic E-state index is 4.71. The summed E-state index contributed by atoms with van der Waals surface area (Å²) in [5.74, 6) is 0.892. The summed E-state index contributed by atoms with van der Waals surface area (Å²) in [4.78, 5) is 6.93. The van der Waals surface area contributed by atoms with Crippen molar-refractivity contribution in [2.24, 2.45) is 0 Å². The standard InChI is InChI=1S/C37H24N2/c1-2-9-27-24-29(20-15-25(27)8-1)39(36-14-5-6-23-38-36)28-18-16-26(17-19-28)30-21-22-35-32-11-4-3-10-31(32)34-13-7-12-33(30)37(34)35/h1-24H. The zero-order chi connectivity index (χ0) is 25.8. The van der Waals surface area contributed by atoms with E-state index in [1.807, 2.05) is 18.3 Å². The van der Waals surface area contributed by atoms with Gasteiger partial charge in [0.1, 0.15) is 5.82 Å². The van der Waals surface area contributed by atoms with Gasteiger partial charge in [0.05, 0.1) is 0 Å². The van der Waals surface area contributed by atoms with Crippen molar-refractivity contribution in [3.05, 3.63) is 146 Å². The van der Waals surface area contributed by atoms with E-state index in [0.717, 1.165) is 17.2 Å². The molecule has 1 heterocycles. The zero-order valence-corrected chi connectivity index (χ0v) is 21.3. The first-order valence-electron chi connectivity index (χ1n) is 13.3. The number of fused-ring (bicyclic) bond motifs is 4. The van der Waals surface area contributed by atoms with Gasteiger partial charge in [0.25, 0.3) is 0 Å². The van der Waals surface area contributed by atoms with Gasteiger partial charge in [-0.3, -0.25) is 4.90 Å². The van der Waals surface area contributed by atoms with E-state index in [9.17, 15) is 0 Å². The molecule has 2 heteroatoms. The summed E-state index contributed by atoms with van der Waals surface area (Å²) in [6.07, 6.45) is 1.85. The lowest BCUT2D eigenvalue weighted by Crippen LogP contribution is -2.11. The molecule has 8 rings (SSSR count). The van der Waals surface area contributed by atoms with E-state index in [-0.39, 0.29) is 0 Å². The molecule has 0 fully saturated rings. The smallest absolute Gasteiger partial charge is 0.137 e. The van der Waals surface area contributed by atoms with Crippen molar-refractivity contribution in [2.75, 3.05) is 4.90 Å². The lowest BCUT2D eigenvalue weighted by Gasteiger charge is -2.25. The molecule has 0 unspecified atom stereocenters. The molecule has 1 aliphatic carbocycles. The van der Waals surface area contributed by atoms with Crippen LogP contribution in [-0.2, 0) is 0 Å². The van der Waals surface area contributed by atoms with Crippen LogP contribution in [0.5, 0.6) is 0 Å². The van der Waals surface area contributed by atoms with Crippen molar-refractivity contribution in [3.63, 3.8) is 0 Å². The third-order valence-corrected chi connectivity index (χ3v) is 7.85. The van der Waals surface area contributed by atoms with Gasteiger partial charge in [0, 0.05) is 17.6 Å². The Morgan fingerprint density at radius 3 is 1.90 bits per heavy atom. The predicted octanol–water partition coefficient (Wildman–Crippen LogP) is 10.2. The molecule has 1 aliphatic rings. The van der Waals surface area contributed by atoms with Crippen molar-refractivity contribution in [1.82, 2.24) is 4.98 Å². The predicted molar refractivity (Wildman–Crippen MR) is 164 cm³/mol. The molecule has 39 heavy (non-hydrogen) atoms. The second-order valence-electron chi connectivity index (χ2n) is 10.0. The molecule has 0 atom stereocenters. The fourth-order valence-corrected chi connectivity index (χ4v) is 6.07. The fraction of sp³-hybridized carbons (Fsp3) is 0. The Balaban J connectivity index is 1.24. The van der Waals surface area contributed by atoms with Crippen molar-refractivity contribution in [1.29, 1.82) is 0 Å². The van der Waals surface area contributed by atoms with Crippen LogP contribution in [0.4, 0.5) is 17.2 Å². The van der Waals surface area contributed by atoms with E-state index < -0.39 is 0 Å². The molecule has 0 radical (unpaired) electrons. The van der Waals surface area contributed by atoms with Crippen LogP contribution in [0, 0.1) is 0 Å². The molecule has 0 spiro atoms. The Hall–Kier alpha value is -5.21. The van der Waals surface area contributed by atoms with Crippen LogP contribution < -0.4 is 4.90 Å². The minimum atomic E-state index is 0.892. The van der Waals surface area contributed by atoms with Gasteiger partial charge < -0.3 is 0 Å².